The zero-order valence-electron chi connectivity index (χ0n) is 5.06. The van der Waals surface area contributed by atoms with E-state index in [0.29, 0.717) is 5.16 Å². The Kier molecular flexibility index (Phi) is 5.09. The molecule has 0 aromatic heterocycles. The van der Waals surface area contributed by atoms with Crippen LogP contribution >= 0.6 is 34.2 Å². The predicted octanol–water partition coefficient (Wildman–Crippen LogP) is 3.11. The first-order valence-corrected chi connectivity index (χ1v) is 3.79. The number of hydrogen-bond donors (Lipinski definition) is 0. The van der Waals surface area contributed by atoms with E-state index in [4.69, 9.17) is 11.6 Å². The van der Waals surface area contributed by atoms with Crippen LogP contribution in [0.15, 0.2) is 25.9 Å². The van der Waals surface area contributed by atoms with Crippen molar-refractivity contribution in [1.82, 2.24) is 0 Å². The summed E-state index contributed by atoms with van der Waals surface area (Å²) in [6, 6.07) is 0. The molecule has 0 rings (SSSR count). The highest BCUT2D eigenvalue weighted by molar-refractivity contribution is 14.1. The van der Waals surface area contributed by atoms with E-state index in [1.54, 1.807) is 6.08 Å². The lowest BCUT2D eigenvalue weighted by molar-refractivity contribution is 1.54. The fourth-order valence-electron chi connectivity index (χ4n) is 0.236. The van der Waals surface area contributed by atoms with E-state index >= 15 is 0 Å². The molecule has 0 fully saturated rings. The van der Waals surface area contributed by atoms with Gasteiger partial charge in [-0.25, -0.2) is 0 Å². The van der Waals surface area contributed by atoms with Gasteiger partial charge in [0.25, 0.3) is 0 Å². The number of rotatable bonds is 2. The highest BCUT2D eigenvalue weighted by Gasteiger charge is 1.79. The van der Waals surface area contributed by atoms with Gasteiger partial charge in [0.05, 0.1) is 0 Å². The number of halogens is 2. The van der Waals surface area contributed by atoms with Crippen molar-refractivity contribution in [1.29, 1.82) is 0 Å². The largest absolute Gasteiger partial charge is 0.252 e. The topological polar surface area (TPSA) is 12.4 Å². The zero-order chi connectivity index (χ0) is 7.28. The third-order valence-corrected chi connectivity index (χ3v) is 1.21. The van der Waals surface area contributed by atoms with Gasteiger partial charge in [0.2, 0.25) is 0 Å². The van der Waals surface area contributed by atoms with Crippen LogP contribution in [0, 0.1) is 0 Å². The van der Waals surface area contributed by atoms with Gasteiger partial charge in [-0.2, -0.15) is 0 Å². The van der Waals surface area contributed by atoms with Crippen LogP contribution in [0.2, 0.25) is 0 Å². The second-order valence-electron chi connectivity index (χ2n) is 1.40. The molecule has 0 aliphatic carbocycles. The smallest absolute Gasteiger partial charge is 0.128 e. The highest BCUT2D eigenvalue weighted by atomic mass is 127. The van der Waals surface area contributed by atoms with Crippen LogP contribution in [0.1, 0.15) is 6.92 Å². The summed E-state index contributed by atoms with van der Waals surface area (Å²) in [5.41, 5.74) is 0. The molecule has 0 aromatic carbocycles. The molecule has 0 saturated carbocycles. The number of hydrogen-bond acceptors (Lipinski definition) is 1. The van der Waals surface area contributed by atoms with E-state index in [1.165, 1.54) is 0 Å². The second kappa shape index (κ2) is 4.99. The third-order valence-electron chi connectivity index (χ3n) is 0.602. The molecule has 0 atom stereocenters. The predicted molar refractivity (Wildman–Crippen MR) is 51.3 cm³/mol. The van der Waals surface area contributed by atoms with E-state index in [9.17, 15) is 0 Å². The minimum absolute atomic E-state index is 0.422. The molecule has 3 heteroatoms. The lowest BCUT2D eigenvalue weighted by Gasteiger charge is -1.82. The van der Waals surface area contributed by atoms with E-state index < -0.39 is 0 Å². The van der Waals surface area contributed by atoms with Crippen LogP contribution in [0.25, 0.3) is 0 Å². The van der Waals surface area contributed by atoms with Crippen molar-refractivity contribution in [3.8, 4) is 0 Å². The first-order chi connectivity index (χ1) is 4.16. The standard InChI is InChI=1S/C6H7ClIN/c1-5(8)3-4-6(7)9-2/h3-4H,2H2,1H3/b5-3+,6-4-. The van der Waals surface area contributed by atoms with E-state index in [2.05, 4.69) is 34.3 Å². The van der Waals surface area contributed by atoms with Gasteiger partial charge in [-0.15, -0.1) is 0 Å². The summed E-state index contributed by atoms with van der Waals surface area (Å²) in [4.78, 5) is 3.49. The monoisotopic (exact) mass is 255 g/mol. The summed E-state index contributed by atoms with van der Waals surface area (Å²) < 4.78 is 1.16. The highest BCUT2D eigenvalue weighted by Crippen LogP contribution is 2.07. The third kappa shape index (κ3) is 6.05. The molecule has 0 saturated heterocycles. The van der Waals surface area contributed by atoms with Crippen LogP contribution in [0.3, 0.4) is 0 Å². The first kappa shape index (κ1) is 9.17. The lowest BCUT2D eigenvalue weighted by atomic mass is 10.5. The van der Waals surface area contributed by atoms with Crippen molar-refractivity contribution in [2.24, 2.45) is 4.99 Å². The van der Waals surface area contributed by atoms with Crippen molar-refractivity contribution >= 4 is 40.9 Å². The maximum Gasteiger partial charge on any atom is 0.128 e. The fourth-order valence-corrected chi connectivity index (χ4v) is 0.479. The van der Waals surface area contributed by atoms with Gasteiger partial charge in [0.15, 0.2) is 0 Å². The van der Waals surface area contributed by atoms with Crippen molar-refractivity contribution in [2.75, 3.05) is 0 Å². The minimum Gasteiger partial charge on any atom is -0.252 e. The summed E-state index contributed by atoms with van der Waals surface area (Å²) in [6.07, 6.45) is 3.58. The zero-order valence-corrected chi connectivity index (χ0v) is 7.98. The second-order valence-corrected chi connectivity index (χ2v) is 3.49. The molecule has 0 unspecified atom stereocenters. The lowest BCUT2D eigenvalue weighted by Crippen LogP contribution is -1.59. The Balaban J connectivity index is 3.98. The molecule has 0 aliphatic rings. The molecule has 1 nitrogen and oxygen atoms in total. The Morgan fingerprint density at radius 3 is 2.56 bits per heavy atom. The molecule has 0 N–H and O–H groups in total. The van der Waals surface area contributed by atoms with E-state index in [-0.39, 0.29) is 0 Å². The van der Waals surface area contributed by atoms with Gasteiger partial charge in [0.1, 0.15) is 5.16 Å². The molecule has 0 bridgehead atoms. The number of allylic oxidation sites excluding steroid dienone is 3. The van der Waals surface area contributed by atoms with E-state index in [0.717, 1.165) is 3.58 Å². The van der Waals surface area contributed by atoms with Gasteiger partial charge in [0, 0.05) is 0 Å². The van der Waals surface area contributed by atoms with Crippen LogP contribution in [-0.4, -0.2) is 6.72 Å². The minimum atomic E-state index is 0.422. The molecular formula is C6H7ClIN. The normalized spacial score (nSPS) is 13.7. The quantitative estimate of drug-likeness (QED) is 0.311. The van der Waals surface area contributed by atoms with Gasteiger partial charge >= 0.3 is 0 Å². The average molecular weight is 255 g/mol. The van der Waals surface area contributed by atoms with Crippen LogP contribution in [-0.2, 0) is 0 Å². The van der Waals surface area contributed by atoms with Gasteiger partial charge < -0.3 is 0 Å². The Morgan fingerprint density at radius 1 is 1.67 bits per heavy atom. The summed E-state index contributed by atoms with van der Waals surface area (Å²) in [6.45, 7) is 5.23. The summed E-state index contributed by atoms with van der Waals surface area (Å²) in [5.74, 6) is 0. The molecule has 0 aromatic rings. The molecule has 0 aliphatic heterocycles. The fraction of sp³-hybridized carbons (Fsp3) is 0.167. The molecule has 9 heavy (non-hydrogen) atoms. The van der Waals surface area contributed by atoms with Crippen LogP contribution in [0.5, 0.6) is 0 Å². The van der Waals surface area contributed by atoms with Crippen molar-refractivity contribution in [3.05, 3.63) is 20.9 Å². The van der Waals surface area contributed by atoms with Gasteiger partial charge in [-0.05, 0) is 45.9 Å². The maximum absolute atomic E-state index is 5.49. The molecule has 0 amide bonds. The number of aliphatic imine (C=N–C) groups is 1. The van der Waals surface area contributed by atoms with Crippen LogP contribution < -0.4 is 0 Å². The maximum atomic E-state index is 5.49. The Morgan fingerprint density at radius 2 is 2.22 bits per heavy atom. The van der Waals surface area contributed by atoms with E-state index in [1.807, 2.05) is 13.0 Å². The molecule has 0 spiro atoms. The Hall–Kier alpha value is 0.170. The number of nitrogens with zero attached hydrogens (tertiary/aromatic N) is 1. The molecule has 0 heterocycles. The SMILES string of the molecule is C=N/C(Cl)=C\C=C(/C)I. The van der Waals surface area contributed by atoms with Gasteiger partial charge in [-0.3, -0.25) is 4.99 Å². The van der Waals surface area contributed by atoms with Crippen molar-refractivity contribution in [3.63, 3.8) is 0 Å². The summed E-state index contributed by atoms with van der Waals surface area (Å²) in [7, 11) is 0. The Bertz CT molecular complexity index is 156. The average Bonchev–Trinajstić information content (AvgIpc) is 1.83. The Labute approximate surface area is 73.6 Å². The molecule has 50 valence electrons. The van der Waals surface area contributed by atoms with Crippen LogP contribution in [0.4, 0.5) is 0 Å². The van der Waals surface area contributed by atoms with Crippen molar-refractivity contribution in [2.45, 2.75) is 6.92 Å². The summed E-state index contributed by atoms with van der Waals surface area (Å²) >= 11 is 7.68. The van der Waals surface area contributed by atoms with Gasteiger partial charge in [-0.1, -0.05) is 17.7 Å². The van der Waals surface area contributed by atoms with Crippen molar-refractivity contribution < 1.29 is 0 Å². The summed E-state index contributed by atoms with van der Waals surface area (Å²) in [5, 5.41) is 0.422. The molecular weight excluding hydrogens is 248 g/mol. The molecule has 0 radical (unpaired) electrons. The first-order valence-electron chi connectivity index (χ1n) is 2.33.